The summed E-state index contributed by atoms with van der Waals surface area (Å²) >= 11 is 0. The second kappa shape index (κ2) is 9.21. The molecule has 2 aromatic heterocycles. The van der Waals surface area contributed by atoms with E-state index in [-0.39, 0.29) is 17.3 Å². The third-order valence-electron chi connectivity index (χ3n) is 6.08. The summed E-state index contributed by atoms with van der Waals surface area (Å²) in [5.41, 5.74) is 11.0. The van der Waals surface area contributed by atoms with Crippen LogP contribution < -0.4 is 21.8 Å². The van der Waals surface area contributed by atoms with Crippen molar-refractivity contribution in [2.24, 2.45) is 11.1 Å². The van der Waals surface area contributed by atoms with Gasteiger partial charge in [-0.05, 0) is 50.1 Å². The molecule has 0 bridgehead atoms. The number of carbonyl (C=O) groups is 1. The summed E-state index contributed by atoms with van der Waals surface area (Å²) in [7, 11) is 0. The third-order valence-corrected chi connectivity index (χ3v) is 6.08. The van der Waals surface area contributed by atoms with Crippen LogP contribution in [-0.2, 0) is 15.2 Å². The normalized spacial score (nSPS) is 15.8. The van der Waals surface area contributed by atoms with Crippen LogP contribution in [0.2, 0.25) is 0 Å². The lowest BCUT2D eigenvalue weighted by Crippen LogP contribution is -2.31. The zero-order chi connectivity index (χ0) is 26.2. The summed E-state index contributed by atoms with van der Waals surface area (Å²) < 4.78 is 11.0. The van der Waals surface area contributed by atoms with E-state index in [0.717, 1.165) is 11.3 Å². The van der Waals surface area contributed by atoms with Crippen LogP contribution in [0.25, 0.3) is 17.0 Å². The maximum Gasteiger partial charge on any atom is 0.339 e. The van der Waals surface area contributed by atoms with E-state index in [9.17, 15) is 4.79 Å². The van der Waals surface area contributed by atoms with E-state index >= 15 is 0 Å². The van der Waals surface area contributed by atoms with Gasteiger partial charge in [0.25, 0.3) is 5.89 Å². The molecule has 37 heavy (non-hydrogen) atoms. The first-order valence-electron chi connectivity index (χ1n) is 11.7. The predicted molar refractivity (Wildman–Crippen MR) is 136 cm³/mol. The molecule has 0 radical (unpaired) electrons. The average Bonchev–Trinajstić information content (AvgIpc) is 3.46. The molecule has 1 aromatic carbocycles. The average molecular weight is 505 g/mol. The van der Waals surface area contributed by atoms with E-state index in [1.165, 1.54) is 6.26 Å². The van der Waals surface area contributed by atoms with Crippen LogP contribution in [0.4, 0.5) is 17.5 Å². The smallest absolute Gasteiger partial charge is 0.339 e. The lowest BCUT2D eigenvalue weighted by molar-refractivity contribution is 0.00954. The Bertz CT molecular complexity index is 1410. The van der Waals surface area contributed by atoms with Crippen LogP contribution in [-0.4, -0.2) is 39.2 Å². The number of esters is 1. The molecule has 192 valence electrons. The first kappa shape index (κ1) is 24.3. The Morgan fingerprint density at radius 3 is 2.78 bits per heavy atom. The summed E-state index contributed by atoms with van der Waals surface area (Å²) in [6.07, 6.45) is 6.44. The molecule has 0 atom stereocenters. The van der Waals surface area contributed by atoms with Crippen LogP contribution in [0.3, 0.4) is 0 Å². The van der Waals surface area contributed by atoms with E-state index in [2.05, 4.69) is 50.1 Å². The van der Waals surface area contributed by atoms with Crippen LogP contribution in [0.15, 0.2) is 47.5 Å². The van der Waals surface area contributed by atoms with Crippen molar-refractivity contribution in [3.8, 4) is 11.5 Å². The maximum absolute atomic E-state index is 12.1. The monoisotopic (exact) mass is 504 g/mol. The van der Waals surface area contributed by atoms with Gasteiger partial charge in [0.05, 0.1) is 5.56 Å². The Hall–Kier alpha value is -4.45. The molecule has 12 nitrogen and oxygen atoms in total. The van der Waals surface area contributed by atoms with Crippen LogP contribution in [0.5, 0.6) is 0 Å². The van der Waals surface area contributed by atoms with Gasteiger partial charge >= 0.3 is 5.97 Å². The lowest BCUT2D eigenvalue weighted by Gasteiger charge is -2.23. The number of ether oxygens (including phenoxy) is 1. The van der Waals surface area contributed by atoms with Gasteiger partial charge in [0, 0.05) is 35.8 Å². The van der Waals surface area contributed by atoms with Crippen molar-refractivity contribution in [2.75, 3.05) is 23.7 Å². The number of carbonyl (C=O) groups excluding carboxylic acids is 1. The number of cyclic esters (lactones) is 1. The molecule has 0 saturated heterocycles. The summed E-state index contributed by atoms with van der Waals surface area (Å²) in [6, 6.07) is 5.40. The highest BCUT2D eigenvalue weighted by Crippen LogP contribution is 2.38. The molecule has 5 N–H and O–H groups in total. The minimum atomic E-state index is -0.713. The zero-order valence-corrected chi connectivity index (χ0v) is 21.0. The van der Waals surface area contributed by atoms with Crippen molar-refractivity contribution in [2.45, 2.75) is 33.3 Å². The molecule has 0 spiro atoms. The van der Waals surface area contributed by atoms with Crippen molar-refractivity contribution in [1.82, 2.24) is 25.6 Å². The molecule has 2 aliphatic rings. The minimum Gasteiger partial charge on any atom is -0.451 e. The molecule has 5 rings (SSSR count). The number of hydroxylamine groups is 1. The van der Waals surface area contributed by atoms with E-state index in [4.69, 9.17) is 19.8 Å². The Kier molecular flexibility index (Phi) is 6.04. The van der Waals surface area contributed by atoms with Gasteiger partial charge in [0.15, 0.2) is 0 Å². The second-order valence-corrected chi connectivity index (χ2v) is 10.0. The number of fused-ring (bicyclic) bond motifs is 1. The maximum atomic E-state index is 12.1. The van der Waals surface area contributed by atoms with Crippen LogP contribution in [0.1, 0.15) is 49.4 Å². The van der Waals surface area contributed by atoms with E-state index in [1.54, 1.807) is 30.6 Å². The van der Waals surface area contributed by atoms with Gasteiger partial charge in [-0.2, -0.15) is 9.97 Å². The lowest BCUT2D eigenvalue weighted by atomic mass is 9.94. The number of aromatic nitrogens is 4. The predicted octanol–water partition coefficient (Wildman–Crippen LogP) is 3.46. The fourth-order valence-corrected chi connectivity index (χ4v) is 3.78. The van der Waals surface area contributed by atoms with Crippen molar-refractivity contribution < 1.29 is 18.9 Å². The number of hydrogen-bond donors (Lipinski definition) is 4. The van der Waals surface area contributed by atoms with Crippen molar-refractivity contribution in [1.29, 1.82) is 0 Å². The summed E-state index contributed by atoms with van der Waals surface area (Å²) in [5.74, 6) is 1.16. The molecule has 0 aliphatic carbocycles. The first-order valence-corrected chi connectivity index (χ1v) is 11.7. The van der Waals surface area contributed by atoms with E-state index in [0.29, 0.717) is 47.4 Å². The second-order valence-electron chi connectivity index (χ2n) is 10.0. The summed E-state index contributed by atoms with van der Waals surface area (Å²) in [5, 5.41) is 10.6. The van der Waals surface area contributed by atoms with Gasteiger partial charge in [-0.3, -0.25) is 0 Å². The fourth-order valence-electron chi connectivity index (χ4n) is 3.78. The fraction of sp³-hybridized carbons (Fsp3) is 0.320. The Morgan fingerprint density at radius 2 is 2.03 bits per heavy atom. The van der Waals surface area contributed by atoms with Crippen molar-refractivity contribution in [3.63, 3.8) is 0 Å². The number of nitrogens with zero attached hydrogens (tertiary/aromatic N) is 4. The summed E-state index contributed by atoms with van der Waals surface area (Å²) in [6.45, 7) is 8.85. The minimum absolute atomic E-state index is 0.183. The van der Waals surface area contributed by atoms with Gasteiger partial charge in [-0.25, -0.2) is 15.3 Å². The number of anilines is 3. The van der Waals surface area contributed by atoms with E-state index < -0.39 is 5.60 Å². The molecule has 2 aliphatic heterocycles. The topological polar surface area (TPSA) is 162 Å². The van der Waals surface area contributed by atoms with Gasteiger partial charge in [-0.1, -0.05) is 19.0 Å². The molecule has 4 heterocycles. The molecule has 3 aromatic rings. The van der Waals surface area contributed by atoms with Gasteiger partial charge in [-0.15, -0.1) is 0 Å². The van der Waals surface area contributed by atoms with Crippen molar-refractivity contribution >= 4 is 29.0 Å². The highest BCUT2D eigenvalue weighted by molar-refractivity contribution is 5.95. The van der Waals surface area contributed by atoms with Gasteiger partial charge in [0.1, 0.15) is 23.2 Å². The molecule has 0 fully saturated rings. The third kappa shape index (κ3) is 4.96. The molecular weight excluding hydrogens is 476 g/mol. The Labute approximate surface area is 213 Å². The van der Waals surface area contributed by atoms with Gasteiger partial charge in [0.2, 0.25) is 11.8 Å². The SMILES string of the molecule is CC(C)(CN)CNc1nc(Nc2ccc3c(c2)C(C)(C)OC3=O)ncc1-c1nc(C2=CNOC=C2)no1. The standard InChI is InChI=1S/C25H28N8O4/c1-24(2,12-26)13-28-20-17(21-31-19(33-37-21)14-7-8-35-29-10-14)11-27-23(32-20)30-15-5-6-16-18(9-15)25(3,4)36-22(16)34/h5-11,29H,12-13,26H2,1-4H3,(H2,27,28,30,32). The molecule has 0 saturated carbocycles. The van der Waals surface area contributed by atoms with Crippen LogP contribution >= 0.6 is 0 Å². The Balaban J connectivity index is 1.46. The molecule has 12 heteroatoms. The highest BCUT2D eigenvalue weighted by atomic mass is 16.6. The number of hydrogen-bond acceptors (Lipinski definition) is 12. The van der Waals surface area contributed by atoms with Crippen molar-refractivity contribution in [3.05, 3.63) is 59.9 Å². The number of allylic oxidation sites excluding steroid dienone is 2. The van der Waals surface area contributed by atoms with E-state index in [1.807, 2.05) is 19.9 Å². The molecule has 0 unspecified atom stereocenters. The number of benzene rings is 1. The zero-order valence-electron chi connectivity index (χ0n) is 21.0. The quantitative estimate of drug-likeness (QED) is 0.331. The number of nitrogens with one attached hydrogen (secondary N) is 3. The first-order chi connectivity index (χ1) is 17.6. The Morgan fingerprint density at radius 1 is 1.19 bits per heavy atom. The number of nitrogens with two attached hydrogens (primary N) is 1. The van der Waals surface area contributed by atoms with Crippen LogP contribution in [0, 0.1) is 5.41 Å². The number of rotatable bonds is 8. The largest absolute Gasteiger partial charge is 0.451 e. The highest BCUT2D eigenvalue weighted by Gasteiger charge is 2.37. The van der Waals surface area contributed by atoms with Gasteiger partial charge < -0.3 is 30.5 Å². The molecule has 0 amide bonds. The summed E-state index contributed by atoms with van der Waals surface area (Å²) in [4.78, 5) is 30.7. The molecular formula is C25H28N8O4.